The van der Waals surface area contributed by atoms with Gasteiger partial charge in [0.05, 0.1) is 11.4 Å². The van der Waals surface area contributed by atoms with Gasteiger partial charge in [-0.1, -0.05) is 24.3 Å². The number of rotatable bonds is 7. The normalized spacial score (nSPS) is 13.9. The molecular weight excluding hydrogens is 719 g/mol. The predicted molar refractivity (Wildman–Crippen MR) is 157 cm³/mol. The first-order chi connectivity index (χ1) is 23.4. The Morgan fingerprint density at radius 1 is 0.725 bits per heavy atom. The zero-order valence-corrected chi connectivity index (χ0v) is 26.0. The van der Waals surface area contributed by atoms with E-state index < -0.39 is 42.3 Å². The summed E-state index contributed by atoms with van der Waals surface area (Å²) in [6, 6.07) is 13.0. The molecule has 0 bridgehead atoms. The van der Waals surface area contributed by atoms with E-state index in [1.807, 2.05) is 18.2 Å². The number of carbonyl (C=O) groups excluding carboxylic acids is 2. The lowest BCUT2D eigenvalue weighted by Gasteiger charge is -2.32. The van der Waals surface area contributed by atoms with Crippen LogP contribution in [0.4, 0.5) is 39.5 Å². The van der Waals surface area contributed by atoms with Crippen molar-refractivity contribution in [2.45, 2.75) is 25.1 Å². The van der Waals surface area contributed by atoms with Crippen LogP contribution in [0.25, 0.3) is 12.2 Å². The van der Waals surface area contributed by atoms with E-state index in [0.29, 0.717) is 17.0 Å². The number of aliphatic carboxylic acids is 3. The number of ketones is 1. The van der Waals surface area contributed by atoms with E-state index in [1.54, 1.807) is 24.3 Å². The number of amides is 1. The van der Waals surface area contributed by atoms with Gasteiger partial charge in [0.25, 0.3) is 5.91 Å². The highest BCUT2D eigenvalue weighted by atomic mass is 19.4. The Kier molecular flexibility index (Phi) is 18.8. The van der Waals surface area contributed by atoms with Crippen molar-refractivity contribution in [3.8, 4) is 0 Å². The van der Waals surface area contributed by atoms with Crippen LogP contribution in [0.1, 0.15) is 27.3 Å². The number of nitrogens with zero attached hydrogens (tertiary/aromatic N) is 3. The molecule has 0 aliphatic carbocycles. The van der Waals surface area contributed by atoms with Gasteiger partial charge in [0.1, 0.15) is 0 Å². The Morgan fingerprint density at radius 3 is 1.55 bits per heavy atom. The molecule has 1 saturated heterocycles. The highest BCUT2D eigenvalue weighted by Gasteiger charge is 2.39. The third kappa shape index (κ3) is 20.7. The largest absolute Gasteiger partial charge is 0.490 e. The number of pyridine rings is 1. The average Bonchev–Trinajstić information content (AvgIpc) is 3.03. The van der Waals surface area contributed by atoms with Crippen LogP contribution in [-0.2, 0) is 25.7 Å². The molecule has 3 rings (SSSR count). The summed E-state index contributed by atoms with van der Waals surface area (Å²) in [5, 5.41) is 29.9. The van der Waals surface area contributed by atoms with Crippen molar-refractivity contribution in [2.75, 3.05) is 33.2 Å². The highest BCUT2D eigenvalue weighted by Crippen LogP contribution is 2.15. The monoisotopic (exact) mass is 748 g/mol. The van der Waals surface area contributed by atoms with Gasteiger partial charge in [0.15, 0.2) is 5.78 Å². The van der Waals surface area contributed by atoms with E-state index in [2.05, 4.69) is 27.9 Å². The van der Waals surface area contributed by atoms with Crippen molar-refractivity contribution in [1.82, 2.24) is 20.3 Å². The molecule has 1 aromatic heterocycles. The number of alkyl halides is 9. The highest BCUT2D eigenvalue weighted by molar-refractivity contribution is 6.06. The molecule has 0 atom stereocenters. The summed E-state index contributed by atoms with van der Waals surface area (Å²) < 4.78 is 95.2. The van der Waals surface area contributed by atoms with E-state index in [-0.39, 0.29) is 5.78 Å². The smallest absolute Gasteiger partial charge is 0.475 e. The van der Waals surface area contributed by atoms with Crippen LogP contribution in [-0.4, -0.2) is 117 Å². The Hall–Kier alpha value is -5.35. The minimum absolute atomic E-state index is 0.0855. The second-order valence-electron chi connectivity index (χ2n) is 9.68. The Morgan fingerprint density at radius 2 is 1.14 bits per heavy atom. The van der Waals surface area contributed by atoms with Crippen LogP contribution >= 0.6 is 0 Å². The van der Waals surface area contributed by atoms with Gasteiger partial charge in [-0.15, -0.1) is 0 Å². The van der Waals surface area contributed by atoms with Crippen molar-refractivity contribution in [3.63, 3.8) is 0 Å². The molecule has 1 aromatic carbocycles. The fraction of sp³-hybridized carbons (Fsp3) is 0.310. The van der Waals surface area contributed by atoms with Crippen molar-refractivity contribution in [3.05, 3.63) is 77.1 Å². The Balaban J connectivity index is 0.000000966. The minimum Gasteiger partial charge on any atom is -0.475 e. The summed E-state index contributed by atoms with van der Waals surface area (Å²) in [4.78, 5) is 59.4. The van der Waals surface area contributed by atoms with E-state index >= 15 is 0 Å². The molecule has 1 aliphatic heterocycles. The Labute approximate surface area is 281 Å². The molecule has 0 unspecified atom stereocenters. The first-order valence-corrected chi connectivity index (χ1v) is 13.6. The number of carbonyl (C=O) groups is 5. The number of hydroxylamine groups is 1. The van der Waals surface area contributed by atoms with Gasteiger partial charge < -0.3 is 20.2 Å². The topological polar surface area (TPSA) is 198 Å². The lowest BCUT2D eigenvalue weighted by atomic mass is 10.1. The number of carboxylic acids is 3. The lowest BCUT2D eigenvalue weighted by Crippen LogP contribution is -2.43. The van der Waals surface area contributed by atoms with Crippen LogP contribution in [0.15, 0.2) is 54.6 Å². The number of halogens is 9. The number of likely N-dealkylation sites (N-methyl/N-ethyl adjacent to an activating group) is 1. The van der Waals surface area contributed by atoms with Crippen LogP contribution in [0, 0.1) is 0 Å². The third-order valence-electron chi connectivity index (χ3n) is 5.65. The summed E-state index contributed by atoms with van der Waals surface area (Å²) in [5.74, 6) is -8.99. The summed E-state index contributed by atoms with van der Waals surface area (Å²) >= 11 is 0. The number of carboxylic acid groups (broad SMARTS) is 3. The Bertz CT molecular complexity index is 1480. The number of hydrogen-bond donors (Lipinski definition) is 5. The molecule has 0 saturated carbocycles. The molecule has 2 aromatic rings. The molecule has 22 heteroatoms. The quantitative estimate of drug-likeness (QED) is 0.0894. The number of nitrogens with one attached hydrogen (secondary N) is 1. The van der Waals surface area contributed by atoms with Crippen molar-refractivity contribution in [2.24, 2.45) is 0 Å². The number of piperazine rings is 1. The average molecular weight is 749 g/mol. The maximum absolute atomic E-state index is 12.6. The summed E-state index contributed by atoms with van der Waals surface area (Å²) in [6.45, 7) is 5.03. The fourth-order valence-electron chi connectivity index (χ4n) is 3.20. The molecule has 1 amide bonds. The maximum atomic E-state index is 12.6. The molecule has 51 heavy (non-hydrogen) atoms. The van der Waals surface area contributed by atoms with E-state index in [4.69, 9.17) is 34.9 Å². The predicted octanol–water partition coefficient (Wildman–Crippen LogP) is 4.14. The van der Waals surface area contributed by atoms with Gasteiger partial charge in [-0.3, -0.25) is 19.7 Å². The lowest BCUT2D eigenvalue weighted by molar-refractivity contribution is -0.193. The van der Waals surface area contributed by atoms with Gasteiger partial charge in [-0.05, 0) is 49.0 Å². The van der Waals surface area contributed by atoms with Crippen LogP contribution in [0.3, 0.4) is 0 Å². The molecular formula is C29H29F9N4O9. The number of hydrogen-bond acceptors (Lipinski definition) is 9. The van der Waals surface area contributed by atoms with Gasteiger partial charge >= 0.3 is 36.4 Å². The molecule has 1 aliphatic rings. The zero-order chi connectivity index (χ0) is 39.6. The van der Waals surface area contributed by atoms with Gasteiger partial charge in [0.2, 0.25) is 0 Å². The van der Waals surface area contributed by atoms with Crippen molar-refractivity contribution < 1.29 is 84.0 Å². The third-order valence-corrected chi connectivity index (χ3v) is 5.65. The van der Waals surface area contributed by atoms with Crippen LogP contribution in [0.2, 0.25) is 0 Å². The fourth-order valence-corrected chi connectivity index (χ4v) is 3.20. The van der Waals surface area contributed by atoms with E-state index in [0.717, 1.165) is 38.3 Å². The summed E-state index contributed by atoms with van der Waals surface area (Å²) in [5.41, 5.74) is 4.44. The molecule has 1 fully saturated rings. The van der Waals surface area contributed by atoms with Crippen molar-refractivity contribution in [1.29, 1.82) is 0 Å². The second-order valence-corrected chi connectivity index (χ2v) is 9.68. The SMILES string of the molecule is CN1CCN(Cc2cccc(C(=O)/C=C/c3cccc(/C=C/C(=O)NO)n3)c2)CC1.O=C(O)C(F)(F)F.O=C(O)C(F)(F)F.O=C(O)C(F)(F)F. The summed E-state index contributed by atoms with van der Waals surface area (Å²) in [6.07, 6.45) is -9.44. The van der Waals surface area contributed by atoms with Gasteiger partial charge in [-0.25, -0.2) is 24.8 Å². The van der Waals surface area contributed by atoms with Crippen LogP contribution in [0.5, 0.6) is 0 Å². The number of benzene rings is 1. The molecule has 0 radical (unpaired) electrons. The second kappa shape index (κ2) is 21.0. The number of aromatic nitrogens is 1. The zero-order valence-electron chi connectivity index (χ0n) is 26.0. The number of allylic oxidation sites excluding steroid dienone is 1. The summed E-state index contributed by atoms with van der Waals surface area (Å²) in [7, 11) is 2.13. The first-order valence-electron chi connectivity index (χ1n) is 13.6. The van der Waals surface area contributed by atoms with Gasteiger partial charge in [-0.2, -0.15) is 39.5 Å². The van der Waals surface area contributed by atoms with Gasteiger partial charge in [0, 0.05) is 44.4 Å². The minimum atomic E-state index is -5.08. The maximum Gasteiger partial charge on any atom is 0.490 e. The van der Waals surface area contributed by atoms with Crippen LogP contribution < -0.4 is 5.48 Å². The molecule has 0 spiro atoms. The molecule has 5 N–H and O–H groups in total. The van der Waals surface area contributed by atoms with E-state index in [9.17, 15) is 49.1 Å². The van der Waals surface area contributed by atoms with Crippen molar-refractivity contribution >= 4 is 41.8 Å². The molecule has 13 nitrogen and oxygen atoms in total. The van der Waals surface area contributed by atoms with E-state index in [1.165, 1.54) is 23.7 Å². The molecule has 2 heterocycles. The molecule has 282 valence electrons. The first kappa shape index (κ1) is 45.6. The standard InChI is InChI=1S/C23H26N4O3.3C2HF3O2/c1-26-12-14-27(15-13-26)17-18-4-2-5-19(16-18)22(28)10-8-20-6-3-7-21(24-20)9-11-23(29)25-30;3*3-2(4,5)1(6)7/h2-11,16,30H,12-15,17H2,1H3,(H,25,29);3*(H,6,7)/b10-8+,11-9+;;;.